The topological polar surface area (TPSA) is 78.9 Å². The fourth-order valence-corrected chi connectivity index (χ4v) is 7.69. The van der Waals surface area contributed by atoms with Gasteiger partial charge in [-0.1, -0.05) is 25.5 Å². The number of carbonyl (C=O) groups is 3. The molecule has 1 saturated heterocycles. The van der Waals surface area contributed by atoms with Crippen LogP contribution in [-0.4, -0.2) is 42.1 Å². The second kappa shape index (κ2) is 6.69. The van der Waals surface area contributed by atoms with E-state index in [0.29, 0.717) is 19.4 Å². The van der Waals surface area contributed by atoms with Gasteiger partial charge in [-0.15, -0.1) is 0 Å². The van der Waals surface area contributed by atoms with E-state index in [1.54, 1.807) is 19.1 Å². The molecule has 0 radical (unpaired) electrons. The molecule has 0 aromatic carbocycles. The summed E-state index contributed by atoms with van der Waals surface area (Å²) < 4.78 is 17.8. The Morgan fingerprint density at radius 3 is 2.68 bits per heavy atom. The van der Waals surface area contributed by atoms with E-state index in [9.17, 15) is 14.4 Å². The zero-order valence-electron chi connectivity index (χ0n) is 18.9. The summed E-state index contributed by atoms with van der Waals surface area (Å²) in [5, 5.41) is 0. The Kier molecular flexibility index (Phi) is 4.58. The lowest BCUT2D eigenvalue weighted by Gasteiger charge is -2.58. The first-order valence-corrected chi connectivity index (χ1v) is 11.6. The third kappa shape index (κ3) is 2.71. The number of hydrogen-bond donors (Lipinski definition) is 0. The van der Waals surface area contributed by atoms with Gasteiger partial charge in [0.05, 0.1) is 0 Å². The van der Waals surface area contributed by atoms with Crippen LogP contribution in [0.2, 0.25) is 0 Å². The highest BCUT2D eigenvalue weighted by Crippen LogP contribution is 2.67. The fraction of sp³-hybridized carbons (Fsp3) is 0.720. The first kappa shape index (κ1) is 21.2. The van der Waals surface area contributed by atoms with Crippen molar-refractivity contribution in [2.45, 2.75) is 71.4 Å². The molecule has 0 aromatic rings. The zero-order valence-corrected chi connectivity index (χ0v) is 18.9. The smallest absolute Gasteiger partial charge is 0.281 e. The summed E-state index contributed by atoms with van der Waals surface area (Å²) in [5.74, 6) is -0.949. The Bertz CT molecular complexity index is 919. The maximum atomic E-state index is 13.8. The highest BCUT2D eigenvalue weighted by Gasteiger charge is 2.71. The molecule has 5 aliphatic rings. The predicted molar refractivity (Wildman–Crippen MR) is 112 cm³/mol. The number of Topliss-reactive ketones (excluding diaryl/α,β-unsaturated/α-hetero) is 2. The van der Waals surface area contributed by atoms with E-state index in [-0.39, 0.29) is 41.7 Å². The average molecular weight is 429 g/mol. The van der Waals surface area contributed by atoms with Crippen LogP contribution in [0.4, 0.5) is 0 Å². The van der Waals surface area contributed by atoms with Crippen molar-refractivity contribution in [3.8, 4) is 0 Å². The number of ether oxygens (including phenoxy) is 3. The summed E-state index contributed by atoms with van der Waals surface area (Å²) in [4.78, 5) is 39.0. The Morgan fingerprint density at radius 1 is 1.16 bits per heavy atom. The monoisotopic (exact) mass is 428 g/mol. The van der Waals surface area contributed by atoms with Gasteiger partial charge in [0.15, 0.2) is 11.6 Å². The second-order valence-electron chi connectivity index (χ2n) is 10.5. The van der Waals surface area contributed by atoms with Crippen LogP contribution in [0.25, 0.3) is 0 Å². The molecule has 3 saturated carbocycles. The molecule has 0 bridgehead atoms. The lowest BCUT2D eigenvalue weighted by Crippen LogP contribution is -2.66. The molecule has 1 aliphatic heterocycles. The average Bonchev–Trinajstić information content (AvgIpc) is 2.98. The lowest BCUT2D eigenvalue weighted by molar-refractivity contribution is -0.419. The molecular weight excluding hydrogens is 396 g/mol. The van der Waals surface area contributed by atoms with Crippen LogP contribution in [-0.2, 0) is 28.6 Å². The van der Waals surface area contributed by atoms with Gasteiger partial charge < -0.3 is 14.2 Å². The molecule has 168 valence electrons. The Labute approximate surface area is 183 Å². The summed E-state index contributed by atoms with van der Waals surface area (Å²) in [6.07, 6.45) is 8.71. The molecule has 1 heterocycles. The van der Waals surface area contributed by atoms with E-state index in [2.05, 4.69) is 13.8 Å². The van der Waals surface area contributed by atoms with E-state index in [1.807, 2.05) is 13.0 Å². The van der Waals surface area contributed by atoms with Crippen molar-refractivity contribution in [2.75, 3.05) is 13.2 Å². The molecule has 0 N–H and O–H groups in total. The predicted octanol–water partition coefficient (Wildman–Crippen LogP) is 3.54. The molecule has 0 amide bonds. The van der Waals surface area contributed by atoms with Crippen molar-refractivity contribution in [3.05, 3.63) is 23.8 Å². The van der Waals surface area contributed by atoms with Gasteiger partial charge in [-0.3, -0.25) is 14.4 Å². The van der Waals surface area contributed by atoms with Crippen LogP contribution in [0, 0.1) is 28.6 Å². The van der Waals surface area contributed by atoms with E-state index in [4.69, 9.17) is 14.2 Å². The van der Waals surface area contributed by atoms with Crippen molar-refractivity contribution in [2.24, 2.45) is 28.6 Å². The normalized spacial score (nSPS) is 49.0. The fourth-order valence-electron chi connectivity index (χ4n) is 7.69. The molecule has 0 aromatic heterocycles. The van der Waals surface area contributed by atoms with E-state index in [0.717, 1.165) is 24.8 Å². The first-order chi connectivity index (χ1) is 14.6. The van der Waals surface area contributed by atoms with Crippen LogP contribution >= 0.6 is 0 Å². The van der Waals surface area contributed by atoms with Gasteiger partial charge in [-0.25, -0.2) is 0 Å². The van der Waals surface area contributed by atoms with Crippen molar-refractivity contribution >= 4 is 17.3 Å². The van der Waals surface area contributed by atoms with E-state index in [1.165, 1.54) is 0 Å². The zero-order chi connectivity index (χ0) is 22.2. The van der Waals surface area contributed by atoms with Gasteiger partial charge in [0, 0.05) is 36.7 Å². The highest BCUT2D eigenvalue weighted by atomic mass is 16.9. The summed E-state index contributed by atoms with van der Waals surface area (Å²) in [7, 11) is 0. The van der Waals surface area contributed by atoms with Gasteiger partial charge in [-0.2, -0.15) is 0 Å². The Balaban J connectivity index is 1.54. The van der Waals surface area contributed by atoms with Crippen molar-refractivity contribution < 1.29 is 28.6 Å². The van der Waals surface area contributed by atoms with Gasteiger partial charge in [-0.05, 0) is 56.6 Å². The Hall–Kier alpha value is -1.63. The first-order valence-electron chi connectivity index (χ1n) is 11.6. The van der Waals surface area contributed by atoms with Gasteiger partial charge in [0.2, 0.25) is 0 Å². The molecule has 4 aliphatic carbocycles. The SMILES string of the molecule is CCO[C@]1(C)OCC(=O)[C@@]2(CC[C@@H]3[C@H]4CCC5=CC(=O)C=C[C@]5(C)[C@@H]4C(=O)C[C@]32C)O1. The van der Waals surface area contributed by atoms with Gasteiger partial charge in [0.1, 0.15) is 18.0 Å². The minimum Gasteiger partial charge on any atom is -0.328 e. The Morgan fingerprint density at radius 2 is 1.94 bits per heavy atom. The molecule has 4 fully saturated rings. The summed E-state index contributed by atoms with van der Waals surface area (Å²) >= 11 is 0. The number of allylic oxidation sites excluding steroid dienone is 4. The molecule has 7 atom stereocenters. The van der Waals surface area contributed by atoms with Crippen LogP contribution in [0.1, 0.15) is 59.8 Å². The summed E-state index contributed by atoms with van der Waals surface area (Å²) in [6, 6.07) is 0. The van der Waals surface area contributed by atoms with Crippen molar-refractivity contribution in [1.29, 1.82) is 0 Å². The maximum absolute atomic E-state index is 13.8. The molecule has 6 nitrogen and oxygen atoms in total. The number of ketones is 3. The summed E-state index contributed by atoms with van der Waals surface area (Å²) in [5.41, 5.74) is -0.981. The standard InChI is InChI=1S/C25H32O6/c1-5-29-24(4)30-14-20(28)25(31-24)11-9-18-17-7-6-15-12-16(26)8-10-22(15,2)21(17)19(27)13-23(18,25)3/h8,10,12,17-18,21H,5-7,9,11,13-14H2,1-4H3/t17-,18-,21+,22+,23-,24-,25-/m1/s1. The second-order valence-corrected chi connectivity index (χ2v) is 10.5. The third-order valence-electron chi connectivity index (χ3n) is 9.06. The van der Waals surface area contributed by atoms with Crippen LogP contribution in [0.15, 0.2) is 23.8 Å². The number of hydrogen-bond acceptors (Lipinski definition) is 6. The summed E-state index contributed by atoms with van der Waals surface area (Å²) in [6.45, 7) is 8.11. The highest BCUT2D eigenvalue weighted by molar-refractivity contribution is 6.02. The van der Waals surface area contributed by atoms with E-state index >= 15 is 0 Å². The minimum absolute atomic E-state index is 0.00949. The molecule has 0 unspecified atom stereocenters. The maximum Gasteiger partial charge on any atom is 0.281 e. The molecule has 6 heteroatoms. The quantitative estimate of drug-likeness (QED) is 0.669. The van der Waals surface area contributed by atoms with Crippen LogP contribution < -0.4 is 0 Å². The van der Waals surface area contributed by atoms with Crippen molar-refractivity contribution in [1.82, 2.24) is 0 Å². The number of fused-ring (bicyclic) bond motifs is 6. The van der Waals surface area contributed by atoms with Gasteiger partial charge >= 0.3 is 0 Å². The van der Waals surface area contributed by atoms with E-state index < -0.39 is 22.4 Å². The number of carbonyl (C=O) groups excluding carboxylic acids is 3. The largest absolute Gasteiger partial charge is 0.328 e. The van der Waals surface area contributed by atoms with Crippen molar-refractivity contribution in [3.63, 3.8) is 0 Å². The van der Waals surface area contributed by atoms with Crippen LogP contribution in [0.5, 0.6) is 0 Å². The number of rotatable bonds is 2. The molecule has 1 spiro atoms. The van der Waals surface area contributed by atoms with Gasteiger partial charge in [0.25, 0.3) is 5.97 Å². The van der Waals surface area contributed by atoms with Crippen LogP contribution in [0.3, 0.4) is 0 Å². The third-order valence-corrected chi connectivity index (χ3v) is 9.06. The molecule has 5 rings (SSSR count). The molecular formula is C25H32O6. The molecule has 31 heavy (non-hydrogen) atoms. The minimum atomic E-state index is -1.28. The lowest BCUT2D eigenvalue weighted by atomic mass is 9.46.